The Kier molecular flexibility index (Phi) is 5.13. The van der Waals surface area contributed by atoms with E-state index in [9.17, 15) is 14.7 Å². The van der Waals surface area contributed by atoms with Crippen LogP contribution in [-0.4, -0.2) is 39.3 Å². The lowest BCUT2D eigenvalue weighted by Crippen LogP contribution is -2.44. The van der Waals surface area contributed by atoms with Crippen molar-refractivity contribution in [3.63, 3.8) is 0 Å². The molecule has 7 nitrogen and oxygen atoms in total. The van der Waals surface area contributed by atoms with Crippen molar-refractivity contribution in [2.45, 2.75) is 50.8 Å². The summed E-state index contributed by atoms with van der Waals surface area (Å²) in [5, 5.41) is 25.9. The Balaban J connectivity index is 1.82. The number of carboxylic acid groups (broad SMARTS) is 1. The molecule has 0 saturated heterocycles. The molecule has 1 aromatic rings. The molecule has 0 bridgehead atoms. The van der Waals surface area contributed by atoms with Crippen LogP contribution >= 0.6 is 11.3 Å². The number of rotatable bonds is 4. The van der Waals surface area contributed by atoms with E-state index in [2.05, 4.69) is 15.6 Å². The average Bonchev–Trinajstić information content (AvgIpc) is 2.91. The highest BCUT2D eigenvalue weighted by atomic mass is 32.1. The summed E-state index contributed by atoms with van der Waals surface area (Å²) in [5.74, 6) is -1.07. The van der Waals surface area contributed by atoms with Crippen LogP contribution in [0.15, 0.2) is 5.38 Å². The van der Waals surface area contributed by atoms with Gasteiger partial charge in [0.2, 0.25) is 0 Å². The van der Waals surface area contributed by atoms with Crippen LogP contribution in [0.5, 0.6) is 0 Å². The zero-order valence-electron chi connectivity index (χ0n) is 11.7. The van der Waals surface area contributed by atoms with Crippen molar-refractivity contribution in [2.24, 2.45) is 0 Å². The van der Waals surface area contributed by atoms with Gasteiger partial charge in [-0.05, 0) is 32.6 Å². The molecule has 1 aliphatic carbocycles. The van der Waals surface area contributed by atoms with Crippen LogP contribution in [0.2, 0.25) is 0 Å². The van der Waals surface area contributed by atoms with Crippen LogP contribution in [0.1, 0.15) is 54.1 Å². The lowest BCUT2D eigenvalue weighted by molar-refractivity contribution is 0.0691. The highest BCUT2D eigenvalue weighted by Crippen LogP contribution is 2.20. The van der Waals surface area contributed by atoms with Gasteiger partial charge in [-0.15, -0.1) is 11.3 Å². The first-order valence-corrected chi connectivity index (χ1v) is 7.77. The van der Waals surface area contributed by atoms with Gasteiger partial charge in [-0.3, -0.25) is 0 Å². The summed E-state index contributed by atoms with van der Waals surface area (Å²) in [6.45, 7) is 1.76. The predicted octanol–water partition coefficient (Wildman–Crippen LogP) is 1.51. The predicted molar refractivity (Wildman–Crippen MR) is 77.4 cm³/mol. The van der Waals surface area contributed by atoms with Crippen molar-refractivity contribution >= 4 is 23.3 Å². The highest BCUT2D eigenvalue weighted by Gasteiger charge is 2.22. The first kappa shape index (κ1) is 15.7. The lowest BCUT2D eigenvalue weighted by Gasteiger charge is -2.26. The molecule has 1 aliphatic rings. The number of aliphatic hydroxyl groups excluding tert-OH is 1. The molecule has 0 spiro atoms. The fourth-order valence-electron chi connectivity index (χ4n) is 2.29. The SMILES string of the molecule is CC(NC(=O)NC1CCC(O)CC1)c1nc(C(=O)O)cs1. The van der Waals surface area contributed by atoms with Crippen LogP contribution in [0.25, 0.3) is 0 Å². The smallest absolute Gasteiger partial charge is 0.355 e. The Morgan fingerprint density at radius 2 is 2.05 bits per heavy atom. The number of carbonyl (C=O) groups is 2. The summed E-state index contributed by atoms with van der Waals surface area (Å²) in [6.07, 6.45) is 2.69. The van der Waals surface area contributed by atoms with Gasteiger partial charge in [0.25, 0.3) is 0 Å². The highest BCUT2D eigenvalue weighted by molar-refractivity contribution is 7.09. The van der Waals surface area contributed by atoms with E-state index in [0.29, 0.717) is 17.8 Å². The van der Waals surface area contributed by atoms with Gasteiger partial charge in [0.05, 0.1) is 12.1 Å². The van der Waals surface area contributed by atoms with Crippen molar-refractivity contribution in [1.29, 1.82) is 0 Å². The maximum atomic E-state index is 11.9. The number of aliphatic hydroxyl groups is 1. The molecule has 21 heavy (non-hydrogen) atoms. The fraction of sp³-hybridized carbons (Fsp3) is 0.615. The second-order valence-corrected chi connectivity index (χ2v) is 6.11. The summed E-state index contributed by atoms with van der Waals surface area (Å²) in [5.41, 5.74) is -0.00896. The van der Waals surface area contributed by atoms with Gasteiger partial charge in [-0.25, -0.2) is 14.6 Å². The number of nitrogens with zero attached hydrogens (tertiary/aromatic N) is 1. The molecule has 1 fully saturated rings. The number of urea groups is 1. The van der Waals surface area contributed by atoms with E-state index in [1.165, 1.54) is 16.7 Å². The molecule has 1 unspecified atom stereocenters. The molecule has 1 aromatic heterocycles. The molecule has 0 radical (unpaired) electrons. The Bertz CT molecular complexity index is 511. The molecule has 2 amide bonds. The van der Waals surface area contributed by atoms with Crippen LogP contribution in [0.3, 0.4) is 0 Å². The van der Waals surface area contributed by atoms with Crippen LogP contribution < -0.4 is 10.6 Å². The van der Waals surface area contributed by atoms with Crippen molar-refractivity contribution in [2.75, 3.05) is 0 Å². The Hall–Kier alpha value is -1.67. The van der Waals surface area contributed by atoms with E-state index in [0.717, 1.165) is 12.8 Å². The maximum absolute atomic E-state index is 11.9. The first-order valence-electron chi connectivity index (χ1n) is 6.89. The average molecular weight is 313 g/mol. The number of carbonyl (C=O) groups excluding carboxylic acids is 1. The number of thiazole rings is 1. The van der Waals surface area contributed by atoms with E-state index in [-0.39, 0.29) is 29.9 Å². The maximum Gasteiger partial charge on any atom is 0.355 e. The molecule has 2 rings (SSSR count). The first-order chi connectivity index (χ1) is 9.95. The third-order valence-electron chi connectivity index (χ3n) is 3.49. The lowest BCUT2D eigenvalue weighted by atomic mass is 9.93. The van der Waals surface area contributed by atoms with Crippen LogP contribution in [0.4, 0.5) is 4.79 Å². The molecule has 1 heterocycles. The number of nitrogens with one attached hydrogen (secondary N) is 2. The minimum Gasteiger partial charge on any atom is -0.476 e. The van der Waals surface area contributed by atoms with Gasteiger partial charge in [-0.1, -0.05) is 0 Å². The standard InChI is InChI=1S/C13H19N3O4S/c1-7(11-16-10(6-21-11)12(18)19)14-13(20)15-8-2-4-9(17)5-3-8/h6-9,17H,2-5H2,1H3,(H,18,19)(H2,14,15,20). The Morgan fingerprint density at radius 3 is 2.62 bits per heavy atom. The van der Waals surface area contributed by atoms with Gasteiger partial charge >= 0.3 is 12.0 Å². The second-order valence-electron chi connectivity index (χ2n) is 5.22. The largest absolute Gasteiger partial charge is 0.476 e. The van der Waals surface area contributed by atoms with Crippen LogP contribution in [0, 0.1) is 0 Å². The molecule has 4 N–H and O–H groups in total. The number of hydrogen-bond donors (Lipinski definition) is 4. The monoisotopic (exact) mass is 313 g/mol. The summed E-state index contributed by atoms with van der Waals surface area (Å²) in [7, 11) is 0. The molecule has 116 valence electrons. The van der Waals surface area contributed by atoms with Crippen molar-refractivity contribution in [1.82, 2.24) is 15.6 Å². The molecule has 0 aromatic carbocycles. The van der Waals surface area contributed by atoms with E-state index in [1.54, 1.807) is 6.92 Å². The molecule has 0 aliphatic heterocycles. The molecule has 1 atom stereocenters. The zero-order chi connectivity index (χ0) is 15.4. The minimum absolute atomic E-state index is 0.00896. The van der Waals surface area contributed by atoms with E-state index < -0.39 is 5.97 Å². The van der Waals surface area contributed by atoms with E-state index in [1.807, 2.05) is 0 Å². The van der Waals surface area contributed by atoms with Gasteiger partial charge in [0.15, 0.2) is 5.69 Å². The van der Waals surface area contributed by atoms with Crippen LogP contribution in [-0.2, 0) is 0 Å². The Morgan fingerprint density at radius 1 is 1.38 bits per heavy atom. The third-order valence-corrected chi connectivity index (χ3v) is 4.52. The third kappa shape index (κ3) is 4.40. The number of hydrogen-bond acceptors (Lipinski definition) is 5. The van der Waals surface area contributed by atoms with Gasteiger partial charge in [0, 0.05) is 11.4 Å². The Labute approximate surface area is 126 Å². The second kappa shape index (κ2) is 6.86. The van der Waals surface area contributed by atoms with Crippen molar-refractivity contribution < 1.29 is 19.8 Å². The normalized spacial score (nSPS) is 23.3. The number of aromatic carboxylic acids is 1. The summed E-state index contributed by atoms with van der Waals surface area (Å²) >= 11 is 1.21. The van der Waals surface area contributed by atoms with Gasteiger partial charge < -0.3 is 20.8 Å². The van der Waals surface area contributed by atoms with Gasteiger partial charge in [-0.2, -0.15) is 0 Å². The zero-order valence-corrected chi connectivity index (χ0v) is 12.5. The number of aromatic nitrogens is 1. The van der Waals surface area contributed by atoms with Crippen molar-refractivity contribution in [3.05, 3.63) is 16.1 Å². The minimum atomic E-state index is -1.07. The summed E-state index contributed by atoms with van der Waals surface area (Å²) < 4.78 is 0. The number of amides is 2. The molecular weight excluding hydrogens is 294 g/mol. The van der Waals surface area contributed by atoms with E-state index in [4.69, 9.17) is 5.11 Å². The fourth-order valence-corrected chi connectivity index (χ4v) is 3.09. The molecular formula is C13H19N3O4S. The summed E-state index contributed by atoms with van der Waals surface area (Å²) in [4.78, 5) is 26.6. The number of carboxylic acids is 1. The molecule has 8 heteroatoms. The van der Waals surface area contributed by atoms with E-state index >= 15 is 0 Å². The molecule has 1 saturated carbocycles. The quantitative estimate of drug-likeness (QED) is 0.673. The summed E-state index contributed by atoms with van der Waals surface area (Å²) in [6, 6.07) is -0.570. The van der Waals surface area contributed by atoms with Crippen molar-refractivity contribution in [3.8, 4) is 0 Å². The topological polar surface area (TPSA) is 112 Å². The van der Waals surface area contributed by atoms with Gasteiger partial charge in [0.1, 0.15) is 5.01 Å².